The molecule has 0 unspecified atom stereocenters. The Morgan fingerprint density at radius 3 is 3.18 bits per heavy atom. The number of nitrogens with zero attached hydrogens (tertiary/aromatic N) is 1. The molecule has 0 bridgehead atoms. The van der Waals surface area contributed by atoms with Gasteiger partial charge in [0, 0.05) is 11.9 Å². The first-order chi connectivity index (χ1) is 5.38. The number of rotatable bonds is 0. The average Bonchev–Trinajstić information content (AvgIpc) is 2.06. The summed E-state index contributed by atoms with van der Waals surface area (Å²) in [6.45, 7) is 0. The van der Waals surface area contributed by atoms with Crippen LogP contribution in [-0.4, -0.2) is 4.98 Å². The van der Waals surface area contributed by atoms with Gasteiger partial charge in [0.2, 0.25) is 0 Å². The normalized spacial score (nSPS) is 15.5. The summed E-state index contributed by atoms with van der Waals surface area (Å²) in [7, 11) is 0. The molecule has 2 N–H and O–H groups in total. The zero-order chi connectivity index (χ0) is 7.68. The van der Waals surface area contributed by atoms with Crippen molar-refractivity contribution in [3.63, 3.8) is 0 Å². The summed E-state index contributed by atoms with van der Waals surface area (Å²) in [5.41, 5.74) is 6.70. The standard InChI is InChI=1S/C9H10N2/c10-8-5-1-3-7-4-2-6-11-9(7)8/h2-4,6H,1,5,10H2. The minimum atomic E-state index is 0.920. The number of nitrogens with two attached hydrogens (primary N) is 1. The van der Waals surface area contributed by atoms with Gasteiger partial charge in [0.25, 0.3) is 0 Å². The fourth-order valence-electron chi connectivity index (χ4n) is 1.35. The van der Waals surface area contributed by atoms with E-state index in [-0.39, 0.29) is 0 Å². The molecule has 0 amide bonds. The second-order valence-corrected chi connectivity index (χ2v) is 2.71. The molecule has 11 heavy (non-hydrogen) atoms. The summed E-state index contributed by atoms with van der Waals surface area (Å²) in [5, 5.41) is 2.15. The van der Waals surface area contributed by atoms with Crippen LogP contribution >= 0.6 is 0 Å². The second kappa shape index (κ2) is 2.38. The van der Waals surface area contributed by atoms with Gasteiger partial charge in [0.15, 0.2) is 0 Å². The zero-order valence-corrected chi connectivity index (χ0v) is 6.25. The van der Waals surface area contributed by atoms with Crippen LogP contribution in [0.25, 0.3) is 11.8 Å². The highest BCUT2D eigenvalue weighted by Crippen LogP contribution is 1.99. The van der Waals surface area contributed by atoms with Crippen LogP contribution in [0.5, 0.6) is 0 Å². The molecule has 0 atom stereocenters. The van der Waals surface area contributed by atoms with Gasteiger partial charge < -0.3 is 5.73 Å². The van der Waals surface area contributed by atoms with Gasteiger partial charge in [-0.2, -0.15) is 0 Å². The van der Waals surface area contributed by atoms with Gasteiger partial charge in [0.05, 0.1) is 5.35 Å². The van der Waals surface area contributed by atoms with Gasteiger partial charge in [-0.05, 0) is 24.1 Å². The summed E-state index contributed by atoms with van der Waals surface area (Å²) in [6, 6.07) is 3.99. The van der Waals surface area contributed by atoms with E-state index in [1.54, 1.807) is 6.20 Å². The fourth-order valence-corrected chi connectivity index (χ4v) is 1.35. The van der Waals surface area contributed by atoms with Gasteiger partial charge in [0.1, 0.15) is 0 Å². The molecular formula is C9H10N2. The summed E-state index contributed by atoms with van der Waals surface area (Å²) in [6.07, 6.45) is 5.96. The molecule has 2 rings (SSSR count). The lowest BCUT2D eigenvalue weighted by Gasteiger charge is -2.03. The highest BCUT2D eigenvalue weighted by Gasteiger charge is 1.99. The Bertz CT molecular complexity index is 379. The number of fused-ring (bicyclic) bond motifs is 1. The number of hydrogen-bond donors (Lipinski definition) is 1. The Kier molecular flexibility index (Phi) is 1.39. The SMILES string of the molecule is NC1=c2ncccc2=CCC1. The van der Waals surface area contributed by atoms with Crippen LogP contribution < -0.4 is 16.3 Å². The molecule has 0 aliphatic heterocycles. The largest absolute Gasteiger partial charge is 0.400 e. The fraction of sp³-hybridized carbons (Fsp3) is 0.222. The van der Waals surface area contributed by atoms with Gasteiger partial charge in [-0.3, -0.25) is 4.98 Å². The highest BCUT2D eigenvalue weighted by atomic mass is 14.7. The molecule has 2 nitrogen and oxygen atoms in total. The Morgan fingerprint density at radius 2 is 2.36 bits per heavy atom. The van der Waals surface area contributed by atoms with Crippen molar-refractivity contribution in [1.29, 1.82) is 0 Å². The van der Waals surface area contributed by atoms with E-state index in [9.17, 15) is 0 Å². The first-order valence-corrected chi connectivity index (χ1v) is 3.78. The smallest absolute Gasteiger partial charge is 0.0885 e. The lowest BCUT2D eigenvalue weighted by Crippen LogP contribution is -2.34. The molecule has 0 aromatic carbocycles. The minimum absolute atomic E-state index is 0.920. The third-order valence-corrected chi connectivity index (χ3v) is 1.92. The van der Waals surface area contributed by atoms with E-state index < -0.39 is 0 Å². The second-order valence-electron chi connectivity index (χ2n) is 2.71. The summed E-state index contributed by atoms with van der Waals surface area (Å²) >= 11 is 0. The molecule has 1 heterocycles. The molecule has 56 valence electrons. The topological polar surface area (TPSA) is 38.9 Å². The van der Waals surface area contributed by atoms with Crippen molar-refractivity contribution < 1.29 is 0 Å². The maximum Gasteiger partial charge on any atom is 0.0885 e. The molecule has 1 aromatic rings. The van der Waals surface area contributed by atoms with E-state index in [0.29, 0.717) is 0 Å². The molecule has 0 radical (unpaired) electrons. The summed E-state index contributed by atoms with van der Waals surface area (Å²) < 4.78 is 0. The van der Waals surface area contributed by atoms with E-state index in [4.69, 9.17) is 5.73 Å². The lowest BCUT2D eigenvalue weighted by molar-refractivity contribution is 1.02. The Hall–Kier alpha value is -1.31. The molecule has 1 aliphatic carbocycles. The number of hydrogen-bond acceptors (Lipinski definition) is 2. The molecule has 1 aromatic heterocycles. The first kappa shape index (κ1) is 6.40. The van der Waals surface area contributed by atoms with Crippen LogP contribution in [0.1, 0.15) is 12.8 Å². The Labute approximate surface area is 65.1 Å². The average molecular weight is 146 g/mol. The lowest BCUT2D eigenvalue weighted by atomic mass is 10.1. The van der Waals surface area contributed by atoms with E-state index >= 15 is 0 Å². The molecule has 0 saturated carbocycles. The predicted octanol–water partition coefficient (Wildman–Crippen LogP) is -0.277. The predicted molar refractivity (Wildman–Crippen MR) is 44.8 cm³/mol. The van der Waals surface area contributed by atoms with E-state index in [0.717, 1.165) is 23.9 Å². The van der Waals surface area contributed by atoms with Crippen LogP contribution in [0.15, 0.2) is 18.3 Å². The molecule has 0 spiro atoms. The van der Waals surface area contributed by atoms with Crippen molar-refractivity contribution in [2.24, 2.45) is 5.73 Å². The number of aromatic nitrogens is 1. The van der Waals surface area contributed by atoms with E-state index in [1.807, 2.05) is 12.1 Å². The third kappa shape index (κ3) is 1.00. The van der Waals surface area contributed by atoms with Crippen molar-refractivity contribution >= 4 is 11.8 Å². The Morgan fingerprint density at radius 1 is 1.45 bits per heavy atom. The first-order valence-electron chi connectivity index (χ1n) is 3.78. The van der Waals surface area contributed by atoms with Gasteiger partial charge in [-0.15, -0.1) is 0 Å². The third-order valence-electron chi connectivity index (χ3n) is 1.92. The van der Waals surface area contributed by atoms with Crippen LogP contribution in [0.3, 0.4) is 0 Å². The molecule has 1 aliphatic rings. The summed E-state index contributed by atoms with van der Waals surface area (Å²) in [4.78, 5) is 4.21. The van der Waals surface area contributed by atoms with Crippen LogP contribution in [0.2, 0.25) is 0 Å². The molecule has 2 heteroatoms. The van der Waals surface area contributed by atoms with Crippen molar-refractivity contribution in [3.8, 4) is 0 Å². The van der Waals surface area contributed by atoms with Crippen molar-refractivity contribution in [3.05, 3.63) is 28.9 Å². The van der Waals surface area contributed by atoms with Gasteiger partial charge >= 0.3 is 0 Å². The van der Waals surface area contributed by atoms with Crippen molar-refractivity contribution in [1.82, 2.24) is 4.98 Å². The van der Waals surface area contributed by atoms with E-state index in [1.165, 1.54) is 5.22 Å². The number of pyridine rings is 1. The molecular weight excluding hydrogens is 136 g/mol. The van der Waals surface area contributed by atoms with Crippen LogP contribution in [-0.2, 0) is 0 Å². The highest BCUT2D eigenvalue weighted by molar-refractivity contribution is 5.45. The van der Waals surface area contributed by atoms with Gasteiger partial charge in [-0.1, -0.05) is 12.1 Å². The van der Waals surface area contributed by atoms with Crippen LogP contribution in [0, 0.1) is 0 Å². The maximum atomic E-state index is 5.78. The Balaban J connectivity index is 2.89. The van der Waals surface area contributed by atoms with Crippen molar-refractivity contribution in [2.45, 2.75) is 12.8 Å². The van der Waals surface area contributed by atoms with Crippen molar-refractivity contribution in [2.75, 3.05) is 0 Å². The quantitative estimate of drug-likeness (QED) is 0.547. The van der Waals surface area contributed by atoms with Crippen LogP contribution in [0.4, 0.5) is 0 Å². The monoisotopic (exact) mass is 146 g/mol. The zero-order valence-electron chi connectivity index (χ0n) is 6.25. The molecule has 0 saturated heterocycles. The minimum Gasteiger partial charge on any atom is -0.400 e. The summed E-state index contributed by atoms with van der Waals surface area (Å²) in [5.74, 6) is 0. The van der Waals surface area contributed by atoms with E-state index in [2.05, 4.69) is 11.1 Å². The maximum absolute atomic E-state index is 5.78. The van der Waals surface area contributed by atoms with Gasteiger partial charge in [-0.25, -0.2) is 0 Å². The molecule has 0 fully saturated rings.